The van der Waals surface area contributed by atoms with Gasteiger partial charge in [-0.1, -0.05) is 18.2 Å². The molecule has 2 nitrogen and oxygen atoms in total. The molecular weight excluding hydrogens is 152 g/mol. The van der Waals surface area contributed by atoms with E-state index in [9.17, 15) is 0 Å². The summed E-state index contributed by atoms with van der Waals surface area (Å²) in [7, 11) is 0. The number of aliphatic hydroxyl groups excluding tert-OH is 1. The first-order chi connectivity index (χ1) is 5.72. The van der Waals surface area contributed by atoms with Crippen LogP contribution < -0.4 is 0 Å². The fourth-order valence-corrected chi connectivity index (χ4v) is 0.683. The van der Waals surface area contributed by atoms with Gasteiger partial charge in [0.2, 0.25) is 0 Å². The Hall–Kier alpha value is -1.18. The molecule has 1 N–H and O–H groups in total. The van der Waals surface area contributed by atoms with Gasteiger partial charge in [-0.15, -0.1) is 0 Å². The van der Waals surface area contributed by atoms with Gasteiger partial charge < -0.3 is 9.84 Å². The molecule has 0 aromatic rings. The Labute approximate surface area is 73.9 Å². The first-order valence-electron chi connectivity index (χ1n) is 4.04. The molecule has 0 aromatic heterocycles. The van der Waals surface area contributed by atoms with Crippen molar-refractivity contribution in [2.24, 2.45) is 0 Å². The largest absolute Gasteiger partial charge is 0.509 e. The van der Waals surface area contributed by atoms with Gasteiger partial charge in [-0.3, -0.25) is 0 Å². The number of allylic oxidation sites excluding steroid dienone is 5. The van der Waals surface area contributed by atoms with Gasteiger partial charge in [0.05, 0.1) is 6.61 Å². The van der Waals surface area contributed by atoms with Crippen LogP contribution in [0.5, 0.6) is 0 Å². The molecule has 12 heavy (non-hydrogen) atoms. The summed E-state index contributed by atoms with van der Waals surface area (Å²) in [5, 5.41) is 9.12. The molecular formula is C10H16O2. The van der Waals surface area contributed by atoms with Gasteiger partial charge in [-0.2, -0.15) is 0 Å². The van der Waals surface area contributed by atoms with E-state index in [0.717, 1.165) is 0 Å². The van der Waals surface area contributed by atoms with Crippen molar-refractivity contribution in [2.75, 3.05) is 6.61 Å². The van der Waals surface area contributed by atoms with E-state index in [0.29, 0.717) is 12.4 Å². The Balaban J connectivity index is 4.24. The van der Waals surface area contributed by atoms with E-state index in [1.54, 1.807) is 13.0 Å². The lowest BCUT2D eigenvalue weighted by molar-refractivity contribution is 0.218. The Morgan fingerprint density at radius 1 is 1.42 bits per heavy atom. The van der Waals surface area contributed by atoms with Crippen molar-refractivity contribution in [2.45, 2.75) is 20.8 Å². The molecule has 0 radical (unpaired) electrons. The first kappa shape index (κ1) is 10.8. The van der Waals surface area contributed by atoms with Crippen LogP contribution in [0.15, 0.2) is 35.8 Å². The van der Waals surface area contributed by atoms with Crippen LogP contribution in [0.4, 0.5) is 0 Å². The van der Waals surface area contributed by atoms with Crippen LogP contribution in [0, 0.1) is 0 Å². The molecule has 0 fully saturated rings. The van der Waals surface area contributed by atoms with E-state index in [1.165, 1.54) is 0 Å². The Morgan fingerprint density at radius 3 is 2.50 bits per heavy atom. The number of aliphatic hydroxyl groups is 1. The highest BCUT2D eigenvalue weighted by molar-refractivity contribution is 5.18. The first-order valence-corrected chi connectivity index (χ1v) is 4.04. The molecule has 0 bridgehead atoms. The molecule has 68 valence electrons. The molecule has 0 amide bonds. The maximum absolute atomic E-state index is 9.12. The number of ether oxygens (including phenoxy) is 1. The summed E-state index contributed by atoms with van der Waals surface area (Å²) in [5.74, 6) is 0.730. The Morgan fingerprint density at radius 2 is 2.08 bits per heavy atom. The topological polar surface area (TPSA) is 29.5 Å². The molecule has 0 spiro atoms. The third-order valence-corrected chi connectivity index (χ3v) is 1.21. The smallest absolute Gasteiger partial charge is 0.156 e. The lowest BCUT2D eigenvalue weighted by Crippen LogP contribution is -1.91. The fraction of sp³-hybridized carbons (Fsp3) is 0.400. The van der Waals surface area contributed by atoms with Crippen molar-refractivity contribution in [3.63, 3.8) is 0 Å². The molecule has 0 atom stereocenters. The third kappa shape index (κ3) is 4.61. The minimum Gasteiger partial charge on any atom is -0.509 e. The van der Waals surface area contributed by atoms with E-state index in [2.05, 4.69) is 0 Å². The zero-order valence-electron chi connectivity index (χ0n) is 7.87. The number of hydrogen-bond donors (Lipinski definition) is 1. The minimum absolute atomic E-state index is 0.206. The van der Waals surface area contributed by atoms with Crippen LogP contribution >= 0.6 is 0 Å². The molecule has 0 heterocycles. The van der Waals surface area contributed by atoms with Gasteiger partial charge in [0.1, 0.15) is 5.76 Å². The summed E-state index contributed by atoms with van der Waals surface area (Å²) in [5.41, 5.74) is 0. The lowest BCUT2D eigenvalue weighted by Gasteiger charge is -2.03. The monoisotopic (exact) mass is 168 g/mol. The van der Waals surface area contributed by atoms with Crippen LogP contribution in [0.2, 0.25) is 0 Å². The highest BCUT2D eigenvalue weighted by atomic mass is 16.5. The van der Waals surface area contributed by atoms with Crippen molar-refractivity contribution in [3.05, 3.63) is 35.8 Å². The number of rotatable bonds is 4. The normalized spacial score (nSPS) is 13.9. The standard InChI is InChI=1S/C10H16O2/c1-4-6-7-8-10(9(3)11)12-5-2/h4,6-8,11H,5H2,1-3H3/b6-4+,8-7-,10-9-. The van der Waals surface area contributed by atoms with Gasteiger partial charge in [0.15, 0.2) is 5.76 Å². The second-order valence-corrected chi connectivity index (χ2v) is 2.27. The van der Waals surface area contributed by atoms with Crippen molar-refractivity contribution in [1.29, 1.82) is 0 Å². The van der Waals surface area contributed by atoms with Crippen LogP contribution in [-0.4, -0.2) is 11.7 Å². The average molecular weight is 168 g/mol. The predicted molar refractivity (Wildman–Crippen MR) is 50.9 cm³/mol. The Kier molecular flexibility index (Phi) is 5.88. The number of hydrogen-bond acceptors (Lipinski definition) is 2. The second-order valence-electron chi connectivity index (χ2n) is 2.27. The molecule has 0 saturated heterocycles. The van der Waals surface area contributed by atoms with Gasteiger partial charge in [-0.25, -0.2) is 0 Å². The van der Waals surface area contributed by atoms with Crippen LogP contribution in [0.3, 0.4) is 0 Å². The molecule has 0 saturated carbocycles. The summed E-state index contributed by atoms with van der Waals surface area (Å²) in [6.07, 6.45) is 7.35. The van der Waals surface area contributed by atoms with Crippen molar-refractivity contribution in [3.8, 4) is 0 Å². The van der Waals surface area contributed by atoms with Gasteiger partial charge in [0.25, 0.3) is 0 Å². The summed E-state index contributed by atoms with van der Waals surface area (Å²) < 4.78 is 5.16. The van der Waals surface area contributed by atoms with E-state index in [-0.39, 0.29) is 5.76 Å². The third-order valence-electron chi connectivity index (χ3n) is 1.21. The molecule has 0 aliphatic carbocycles. The van der Waals surface area contributed by atoms with Crippen molar-refractivity contribution in [1.82, 2.24) is 0 Å². The predicted octanol–water partition coefficient (Wildman–Crippen LogP) is 2.94. The molecule has 0 rings (SSSR count). The van der Waals surface area contributed by atoms with Crippen LogP contribution in [0.25, 0.3) is 0 Å². The zero-order valence-corrected chi connectivity index (χ0v) is 7.87. The van der Waals surface area contributed by atoms with Gasteiger partial charge >= 0.3 is 0 Å². The van der Waals surface area contributed by atoms with Crippen LogP contribution in [-0.2, 0) is 4.74 Å². The maximum atomic E-state index is 9.12. The van der Waals surface area contributed by atoms with Gasteiger partial charge in [0, 0.05) is 0 Å². The summed E-state index contributed by atoms with van der Waals surface area (Å²) >= 11 is 0. The molecule has 0 aromatic carbocycles. The zero-order chi connectivity index (χ0) is 9.40. The van der Waals surface area contributed by atoms with E-state index < -0.39 is 0 Å². The van der Waals surface area contributed by atoms with E-state index in [1.807, 2.05) is 32.1 Å². The lowest BCUT2D eigenvalue weighted by atomic mass is 10.3. The van der Waals surface area contributed by atoms with Crippen molar-refractivity contribution >= 4 is 0 Å². The summed E-state index contributed by atoms with van der Waals surface area (Å²) in [4.78, 5) is 0. The van der Waals surface area contributed by atoms with E-state index >= 15 is 0 Å². The molecule has 2 heteroatoms. The van der Waals surface area contributed by atoms with Crippen LogP contribution in [0.1, 0.15) is 20.8 Å². The molecule has 0 aliphatic rings. The van der Waals surface area contributed by atoms with E-state index in [4.69, 9.17) is 9.84 Å². The molecule has 0 unspecified atom stereocenters. The van der Waals surface area contributed by atoms with Crippen molar-refractivity contribution < 1.29 is 9.84 Å². The minimum atomic E-state index is 0.206. The summed E-state index contributed by atoms with van der Waals surface area (Å²) in [6.45, 7) is 5.98. The average Bonchev–Trinajstić information content (AvgIpc) is 2.03. The second kappa shape index (κ2) is 6.53. The SMILES string of the molecule is C/C=C/C=C\C(OCC)=C(/C)O. The highest BCUT2D eigenvalue weighted by Crippen LogP contribution is 2.04. The molecule has 0 aliphatic heterocycles. The fourth-order valence-electron chi connectivity index (χ4n) is 0.683. The quantitative estimate of drug-likeness (QED) is 0.516. The highest BCUT2D eigenvalue weighted by Gasteiger charge is 1.94. The summed E-state index contributed by atoms with van der Waals surface area (Å²) in [6, 6.07) is 0. The maximum Gasteiger partial charge on any atom is 0.156 e. The van der Waals surface area contributed by atoms with Gasteiger partial charge in [-0.05, 0) is 26.8 Å². The Bertz CT molecular complexity index is 196.